The maximum Gasteiger partial charge on any atom is 0.170 e. The zero-order valence-corrected chi connectivity index (χ0v) is 13.2. The fourth-order valence-corrected chi connectivity index (χ4v) is 4.41. The van der Waals surface area contributed by atoms with Crippen LogP contribution in [0.2, 0.25) is 0 Å². The van der Waals surface area contributed by atoms with E-state index in [0.717, 1.165) is 43.7 Å². The highest BCUT2D eigenvalue weighted by Crippen LogP contribution is 2.39. The van der Waals surface area contributed by atoms with Gasteiger partial charge in [-0.05, 0) is 31.7 Å². The number of fused-ring (bicyclic) bond motifs is 3. The van der Waals surface area contributed by atoms with Gasteiger partial charge in [0.1, 0.15) is 5.82 Å². The summed E-state index contributed by atoms with van der Waals surface area (Å²) < 4.78 is 4.50. The molecule has 1 aliphatic carbocycles. The van der Waals surface area contributed by atoms with Gasteiger partial charge in [0.2, 0.25) is 0 Å². The molecule has 2 aromatic heterocycles. The molecule has 2 aliphatic rings. The molecule has 23 heavy (non-hydrogen) atoms. The minimum absolute atomic E-state index is 0.0672. The monoisotopic (exact) mass is 305 g/mol. The third kappa shape index (κ3) is 1.72. The van der Waals surface area contributed by atoms with E-state index in [0.29, 0.717) is 5.78 Å². The van der Waals surface area contributed by atoms with E-state index < -0.39 is 0 Å². The van der Waals surface area contributed by atoms with Crippen LogP contribution in [0.3, 0.4) is 0 Å². The maximum absolute atomic E-state index is 13.2. The first-order valence-corrected chi connectivity index (χ1v) is 8.39. The van der Waals surface area contributed by atoms with E-state index in [1.165, 1.54) is 22.2 Å². The molecular weight excluding hydrogens is 286 g/mol. The van der Waals surface area contributed by atoms with Crippen molar-refractivity contribution in [3.63, 3.8) is 0 Å². The second kappa shape index (κ2) is 4.57. The lowest BCUT2D eigenvalue weighted by atomic mass is 9.84. The van der Waals surface area contributed by atoms with Crippen molar-refractivity contribution in [3.05, 3.63) is 53.2 Å². The maximum atomic E-state index is 13.2. The van der Waals surface area contributed by atoms with Gasteiger partial charge in [-0.3, -0.25) is 4.79 Å². The molecule has 0 spiro atoms. The predicted octanol–water partition coefficient (Wildman–Crippen LogP) is 3.15. The molecule has 116 valence electrons. The lowest BCUT2D eigenvalue weighted by Gasteiger charge is -2.23. The predicted molar refractivity (Wildman–Crippen MR) is 88.7 cm³/mol. The quantitative estimate of drug-likeness (QED) is 0.729. The first-order valence-electron chi connectivity index (χ1n) is 8.39. The van der Waals surface area contributed by atoms with Crippen LogP contribution < -0.4 is 0 Å². The summed E-state index contributed by atoms with van der Waals surface area (Å²) in [7, 11) is 0. The fraction of sp³-hybridized carbons (Fsp3) is 0.368. The van der Waals surface area contributed by atoms with Crippen molar-refractivity contribution in [1.29, 1.82) is 0 Å². The number of carbonyl (C=O) groups excluding carboxylic acids is 1. The minimum Gasteiger partial charge on any atom is -0.343 e. The SMILES string of the molecule is Cc1nccn1CC1CCc2c(c3cccc4c3n2CC4)C1=O. The largest absolute Gasteiger partial charge is 0.343 e. The van der Waals surface area contributed by atoms with Crippen molar-refractivity contribution in [1.82, 2.24) is 14.1 Å². The van der Waals surface area contributed by atoms with Crippen LogP contribution >= 0.6 is 0 Å². The van der Waals surface area contributed by atoms with Crippen molar-refractivity contribution in [3.8, 4) is 0 Å². The molecule has 1 atom stereocenters. The Hall–Kier alpha value is -2.36. The Morgan fingerprint density at radius 2 is 2.22 bits per heavy atom. The Morgan fingerprint density at radius 3 is 3.04 bits per heavy atom. The Bertz CT molecular complexity index is 947. The lowest BCUT2D eigenvalue weighted by Crippen LogP contribution is -2.27. The topological polar surface area (TPSA) is 39.8 Å². The van der Waals surface area contributed by atoms with E-state index in [1.54, 1.807) is 0 Å². The van der Waals surface area contributed by atoms with Gasteiger partial charge in [-0.15, -0.1) is 0 Å². The van der Waals surface area contributed by atoms with Gasteiger partial charge < -0.3 is 9.13 Å². The molecule has 3 heterocycles. The molecule has 0 saturated heterocycles. The second-order valence-electron chi connectivity index (χ2n) is 6.76. The van der Waals surface area contributed by atoms with Gasteiger partial charge in [-0.2, -0.15) is 0 Å². The zero-order chi connectivity index (χ0) is 15.6. The van der Waals surface area contributed by atoms with Gasteiger partial charge in [0.05, 0.1) is 5.52 Å². The van der Waals surface area contributed by atoms with Crippen molar-refractivity contribution >= 4 is 16.7 Å². The number of aromatic nitrogens is 3. The molecule has 4 nitrogen and oxygen atoms in total. The van der Waals surface area contributed by atoms with Gasteiger partial charge >= 0.3 is 0 Å². The number of hydrogen-bond acceptors (Lipinski definition) is 2. The number of imidazole rings is 1. The molecule has 0 amide bonds. The van der Waals surface area contributed by atoms with Crippen LogP contribution in [0, 0.1) is 12.8 Å². The van der Waals surface area contributed by atoms with E-state index in [-0.39, 0.29) is 5.92 Å². The summed E-state index contributed by atoms with van der Waals surface area (Å²) in [6, 6.07) is 6.43. The third-order valence-electron chi connectivity index (χ3n) is 5.57. The number of ketones is 1. The van der Waals surface area contributed by atoms with Gasteiger partial charge in [-0.1, -0.05) is 18.2 Å². The third-order valence-corrected chi connectivity index (χ3v) is 5.57. The summed E-state index contributed by atoms with van der Waals surface area (Å²) in [6.07, 6.45) is 6.84. The van der Waals surface area contributed by atoms with E-state index in [1.807, 2.05) is 19.3 Å². The van der Waals surface area contributed by atoms with Gasteiger partial charge in [-0.25, -0.2) is 4.98 Å². The number of aryl methyl sites for hydroxylation is 3. The average molecular weight is 305 g/mol. The average Bonchev–Trinajstić information content (AvgIpc) is 3.23. The number of hydrogen-bond donors (Lipinski definition) is 0. The highest BCUT2D eigenvalue weighted by molar-refractivity contribution is 6.12. The highest BCUT2D eigenvalue weighted by Gasteiger charge is 2.34. The van der Waals surface area contributed by atoms with Crippen LogP contribution in [0.25, 0.3) is 10.9 Å². The summed E-state index contributed by atoms with van der Waals surface area (Å²) in [4.78, 5) is 17.4. The molecule has 0 bridgehead atoms. The molecule has 1 aromatic carbocycles. The number of nitrogens with zero attached hydrogens (tertiary/aromatic N) is 3. The van der Waals surface area contributed by atoms with Crippen LogP contribution in [0.4, 0.5) is 0 Å². The Balaban J connectivity index is 1.61. The number of Topliss-reactive ketones (excluding diaryl/α,β-unsaturated/α-hetero) is 1. The molecule has 5 rings (SSSR count). The second-order valence-corrected chi connectivity index (χ2v) is 6.76. The Kier molecular flexibility index (Phi) is 2.61. The number of rotatable bonds is 2. The molecule has 0 fully saturated rings. The van der Waals surface area contributed by atoms with Crippen molar-refractivity contribution in [2.45, 2.75) is 39.3 Å². The van der Waals surface area contributed by atoms with Crippen molar-refractivity contribution in [2.24, 2.45) is 5.92 Å². The summed E-state index contributed by atoms with van der Waals surface area (Å²) in [5, 5.41) is 1.17. The van der Waals surface area contributed by atoms with Crippen LogP contribution in [-0.4, -0.2) is 19.9 Å². The van der Waals surface area contributed by atoms with Gasteiger partial charge in [0, 0.05) is 48.0 Å². The van der Waals surface area contributed by atoms with Crippen molar-refractivity contribution in [2.75, 3.05) is 0 Å². The summed E-state index contributed by atoms with van der Waals surface area (Å²) in [6.45, 7) is 3.77. The van der Waals surface area contributed by atoms with Crippen LogP contribution in [0.15, 0.2) is 30.6 Å². The number of benzene rings is 1. The first kappa shape index (κ1) is 13.1. The standard InChI is InChI=1S/C19H19N3O/c1-12-20-8-10-21(12)11-14-5-6-16-17(19(14)23)15-4-2-3-13-7-9-22(16)18(13)15/h2-4,8,10,14H,5-7,9,11H2,1H3. The molecule has 0 N–H and O–H groups in total. The van der Waals surface area contributed by atoms with Crippen LogP contribution in [0.5, 0.6) is 0 Å². The van der Waals surface area contributed by atoms with Crippen LogP contribution in [-0.2, 0) is 25.9 Å². The number of carbonyl (C=O) groups is 1. The molecule has 4 heteroatoms. The molecule has 3 aromatic rings. The molecule has 0 radical (unpaired) electrons. The van der Waals surface area contributed by atoms with Gasteiger partial charge in [0.15, 0.2) is 5.78 Å². The summed E-state index contributed by atoms with van der Waals surface area (Å²) in [5.41, 5.74) is 4.97. The van der Waals surface area contributed by atoms with E-state index in [4.69, 9.17) is 0 Å². The van der Waals surface area contributed by atoms with E-state index in [2.05, 4.69) is 32.3 Å². The molecule has 1 aliphatic heterocycles. The van der Waals surface area contributed by atoms with E-state index in [9.17, 15) is 4.79 Å². The molecule has 1 unspecified atom stereocenters. The smallest absolute Gasteiger partial charge is 0.170 e. The van der Waals surface area contributed by atoms with Crippen LogP contribution in [0.1, 0.15) is 33.9 Å². The normalized spacial score (nSPS) is 19.5. The summed E-state index contributed by atoms with van der Waals surface area (Å²) in [5.74, 6) is 1.37. The van der Waals surface area contributed by atoms with Gasteiger partial charge in [0.25, 0.3) is 0 Å². The summed E-state index contributed by atoms with van der Waals surface area (Å²) >= 11 is 0. The first-order chi connectivity index (χ1) is 11.2. The Morgan fingerprint density at radius 1 is 1.30 bits per heavy atom. The number of para-hydroxylation sites is 1. The zero-order valence-electron chi connectivity index (χ0n) is 13.2. The van der Waals surface area contributed by atoms with Crippen molar-refractivity contribution < 1.29 is 4.79 Å². The van der Waals surface area contributed by atoms with E-state index >= 15 is 0 Å². The Labute approximate surface area is 134 Å². The highest BCUT2D eigenvalue weighted by atomic mass is 16.1. The minimum atomic E-state index is 0.0672. The fourth-order valence-electron chi connectivity index (χ4n) is 4.41. The molecular formula is C19H19N3O. The lowest BCUT2D eigenvalue weighted by molar-refractivity contribution is 0.0887. The molecule has 0 saturated carbocycles.